The third-order valence-electron chi connectivity index (χ3n) is 4.30. The van der Waals surface area contributed by atoms with Gasteiger partial charge < -0.3 is 16.0 Å². The fourth-order valence-electron chi connectivity index (χ4n) is 3.16. The van der Waals surface area contributed by atoms with Crippen LogP contribution in [0.15, 0.2) is 23.6 Å². The average Bonchev–Trinajstić information content (AvgIpc) is 2.93. The number of nitrogen functional groups attached to an aromatic ring is 1. The molecule has 0 bridgehead atoms. The van der Waals surface area contributed by atoms with E-state index in [4.69, 9.17) is 5.73 Å². The van der Waals surface area contributed by atoms with E-state index in [1.807, 2.05) is 17.4 Å². The molecular formula is C16H17N3OS. The van der Waals surface area contributed by atoms with Crippen LogP contribution in [0, 0.1) is 0 Å². The molecule has 0 aliphatic carbocycles. The second-order valence-corrected chi connectivity index (χ2v) is 6.66. The minimum absolute atomic E-state index is 0.0792. The van der Waals surface area contributed by atoms with Gasteiger partial charge in [0.05, 0.1) is 11.4 Å². The lowest BCUT2D eigenvalue weighted by molar-refractivity contribution is -0.116. The molecule has 3 heterocycles. The number of anilines is 3. The van der Waals surface area contributed by atoms with E-state index in [2.05, 4.69) is 27.7 Å². The van der Waals surface area contributed by atoms with Crippen LogP contribution in [0.3, 0.4) is 0 Å². The number of benzene rings is 1. The third kappa shape index (κ3) is 2.17. The summed E-state index contributed by atoms with van der Waals surface area (Å²) in [5.74, 6) is 0.0792. The Morgan fingerprint density at radius 2 is 2.10 bits per heavy atom. The van der Waals surface area contributed by atoms with Crippen molar-refractivity contribution in [3.8, 4) is 0 Å². The molecule has 2 aromatic rings. The first-order valence-electron chi connectivity index (χ1n) is 7.23. The quantitative estimate of drug-likeness (QED) is 0.796. The molecule has 3 N–H and O–H groups in total. The van der Waals surface area contributed by atoms with Crippen molar-refractivity contribution in [1.29, 1.82) is 0 Å². The van der Waals surface area contributed by atoms with Gasteiger partial charge in [-0.3, -0.25) is 4.79 Å². The average molecular weight is 299 g/mol. The second-order valence-electron chi connectivity index (χ2n) is 5.66. The lowest BCUT2D eigenvalue weighted by Gasteiger charge is -2.31. The second kappa shape index (κ2) is 4.77. The van der Waals surface area contributed by atoms with Crippen molar-refractivity contribution in [2.24, 2.45) is 0 Å². The summed E-state index contributed by atoms with van der Waals surface area (Å²) in [6.45, 7) is 1.93. The molecule has 108 valence electrons. The van der Waals surface area contributed by atoms with E-state index in [-0.39, 0.29) is 5.91 Å². The molecular weight excluding hydrogens is 282 g/mol. The molecule has 1 amide bonds. The predicted molar refractivity (Wildman–Crippen MR) is 86.9 cm³/mol. The van der Waals surface area contributed by atoms with E-state index in [0.717, 1.165) is 43.0 Å². The molecule has 0 radical (unpaired) electrons. The topological polar surface area (TPSA) is 58.4 Å². The van der Waals surface area contributed by atoms with Gasteiger partial charge in [-0.05, 0) is 47.5 Å². The van der Waals surface area contributed by atoms with Gasteiger partial charge in [0.1, 0.15) is 0 Å². The van der Waals surface area contributed by atoms with Crippen LogP contribution in [0.5, 0.6) is 0 Å². The first-order valence-corrected chi connectivity index (χ1v) is 8.11. The number of fused-ring (bicyclic) bond motifs is 2. The van der Waals surface area contributed by atoms with Crippen LogP contribution >= 0.6 is 11.3 Å². The highest BCUT2D eigenvalue weighted by molar-refractivity contribution is 7.10. The van der Waals surface area contributed by atoms with Gasteiger partial charge in [-0.15, -0.1) is 11.3 Å². The number of amides is 1. The predicted octanol–water partition coefficient (Wildman–Crippen LogP) is 2.78. The maximum atomic E-state index is 11.5. The molecule has 0 fully saturated rings. The number of aryl methyl sites for hydroxylation is 1. The van der Waals surface area contributed by atoms with E-state index >= 15 is 0 Å². The van der Waals surface area contributed by atoms with Crippen LogP contribution < -0.4 is 16.0 Å². The third-order valence-corrected chi connectivity index (χ3v) is 5.32. The summed E-state index contributed by atoms with van der Waals surface area (Å²) in [6.07, 6.45) is 2.44. The molecule has 1 aromatic heterocycles. The van der Waals surface area contributed by atoms with Gasteiger partial charge in [0.2, 0.25) is 5.91 Å². The Morgan fingerprint density at radius 1 is 1.19 bits per heavy atom. The molecule has 0 atom stereocenters. The molecule has 4 nitrogen and oxygen atoms in total. The zero-order valence-corrected chi connectivity index (χ0v) is 12.5. The normalized spacial score (nSPS) is 17.1. The highest BCUT2D eigenvalue weighted by Crippen LogP contribution is 2.36. The summed E-state index contributed by atoms with van der Waals surface area (Å²) >= 11 is 1.84. The molecule has 0 saturated heterocycles. The van der Waals surface area contributed by atoms with E-state index in [1.165, 1.54) is 16.0 Å². The Labute approximate surface area is 127 Å². The first kappa shape index (κ1) is 12.7. The van der Waals surface area contributed by atoms with Crippen LogP contribution in [-0.4, -0.2) is 12.5 Å². The maximum absolute atomic E-state index is 11.5. The van der Waals surface area contributed by atoms with Gasteiger partial charge in [0.15, 0.2) is 0 Å². The zero-order valence-electron chi connectivity index (χ0n) is 11.7. The fourth-order valence-corrected chi connectivity index (χ4v) is 4.05. The Bertz CT molecular complexity index is 722. The highest BCUT2D eigenvalue weighted by Gasteiger charge is 2.22. The molecule has 1 aromatic carbocycles. The van der Waals surface area contributed by atoms with Crippen molar-refractivity contribution < 1.29 is 4.79 Å². The minimum atomic E-state index is 0.0792. The van der Waals surface area contributed by atoms with Crippen LogP contribution in [0.25, 0.3) is 0 Å². The summed E-state index contributed by atoms with van der Waals surface area (Å²) in [5, 5.41) is 5.07. The van der Waals surface area contributed by atoms with Crippen molar-refractivity contribution in [2.45, 2.75) is 25.8 Å². The van der Waals surface area contributed by atoms with Crippen molar-refractivity contribution in [3.05, 3.63) is 39.6 Å². The number of carbonyl (C=O) groups is 1. The molecule has 0 saturated carbocycles. The van der Waals surface area contributed by atoms with Gasteiger partial charge in [0.25, 0.3) is 0 Å². The number of rotatable bonds is 1. The van der Waals surface area contributed by atoms with Crippen molar-refractivity contribution >= 4 is 34.3 Å². The van der Waals surface area contributed by atoms with Crippen molar-refractivity contribution in [1.82, 2.24) is 0 Å². The SMILES string of the molecule is Nc1cc2c(cc1N1CCc3sccc3C1)CCC(=O)N2. The van der Waals surface area contributed by atoms with Gasteiger partial charge >= 0.3 is 0 Å². The number of hydrogen-bond donors (Lipinski definition) is 2. The summed E-state index contributed by atoms with van der Waals surface area (Å²) < 4.78 is 0. The Morgan fingerprint density at radius 3 is 3.00 bits per heavy atom. The maximum Gasteiger partial charge on any atom is 0.224 e. The smallest absolute Gasteiger partial charge is 0.224 e. The summed E-state index contributed by atoms with van der Waals surface area (Å²) in [4.78, 5) is 15.3. The molecule has 0 unspecified atom stereocenters. The van der Waals surface area contributed by atoms with Crippen LogP contribution in [0.4, 0.5) is 17.1 Å². The minimum Gasteiger partial charge on any atom is -0.397 e. The number of carbonyl (C=O) groups excluding carboxylic acids is 1. The zero-order chi connectivity index (χ0) is 14.4. The Balaban J connectivity index is 1.68. The number of hydrogen-bond acceptors (Lipinski definition) is 4. The standard InChI is InChI=1S/C16H17N3OS/c17-12-8-13-10(1-2-16(20)18-13)7-14(12)19-5-3-15-11(9-19)4-6-21-15/h4,6-8H,1-3,5,9,17H2,(H,18,20). The number of nitrogens with one attached hydrogen (secondary N) is 1. The lowest BCUT2D eigenvalue weighted by atomic mass is 10.00. The van der Waals surface area contributed by atoms with Gasteiger partial charge in [-0.25, -0.2) is 0 Å². The van der Waals surface area contributed by atoms with E-state index in [9.17, 15) is 4.79 Å². The Kier molecular flexibility index (Phi) is 2.89. The number of nitrogens with zero attached hydrogens (tertiary/aromatic N) is 1. The number of nitrogens with two attached hydrogens (primary N) is 1. The van der Waals surface area contributed by atoms with Gasteiger partial charge in [0, 0.05) is 30.1 Å². The van der Waals surface area contributed by atoms with Crippen LogP contribution in [0.1, 0.15) is 22.4 Å². The molecule has 4 rings (SSSR count). The van der Waals surface area contributed by atoms with Gasteiger partial charge in [-0.1, -0.05) is 0 Å². The first-order chi connectivity index (χ1) is 10.2. The van der Waals surface area contributed by atoms with Crippen molar-refractivity contribution in [3.63, 3.8) is 0 Å². The van der Waals surface area contributed by atoms with E-state index < -0.39 is 0 Å². The van der Waals surface area contributed by atoms with Crippen LogP contribution in [-0.2, 0) is 24.2 Å². The van der Waals surface area contributed by atoms with Crippen LogP contribution in [0.2, 0.25) is 0 Å². The summed E-state index contributed by atoms with van der Waals surface area (Å²) in [7, 11) is 0. The highest BCUT2D eigenvalue weighted by atomic mass is 32.1. The Hall–Kier alpha value is -2.01. The molecule has 2 aliphatic rings. The van der Waals surface area contributed by atoms with Crippen molar-refractivity contribution in [2.75, 3.05) is 22.5 Å². The molecule has 21 heavy (non-hydrogen) atoms. The van der Waals surface area contributed by atoms with E-state index in [1.54, 1.807) is 0 Å². The fraction of sp³-hybridized carbons (Fsp3) is 0.312. The monoisotopic (exact) mass is 299 g/mol. The van der Waals surface area contributed by atoms with Gasteiger partial charge in [-0.2, -0.15) is 0 Å². The molecule has 0 spiro atoms. The molecule has 2 aliphatic heterocycles. The molecule has 5 heteroatoms. The number of thiophene rings is 1. The lowest BCUT2D eigenvalue weighted by Crippen LogP contribution is -2.30. The summed E-state index contributed by atoms with van der Waals surface area (Å²) in [6, 6.07) is 6.27. The largest absolute Gasteiger partial charge is 0.397 e. The summed E-state index contributed by atoms with van der Waals surface area (Å²) in [5.41, 5.74) is 11.5. The van der Waals surface area contributed by atoms with E-state index in [0.29, 0.717) is 6.42 Å².